The second-order valence-corrected chi connectivity index (χ2v) is 10.9. The summed E-state index contributed by atoms with van der Waals surface area (Å²) in [5.41, 5.74) is 2.90. The molecule has 1 saturated heterocycles. The number of hydrogen-bond donors (Lipinski definition) is 0. The lowest BCUT2D eigenvalue weighted by Crippen LogP contribution is -2.55. The van der Waals surface area contributed by atoms with Gasteiger partial charge in [-0.2, -0.15) is 0 Å². The zero-order valence-electron chi connectivity index (χ0n) is 23.4. The standard InChI is InChI=1S/C34H36O6S/c1-35-28-17-13-26(14-18-28)21-37-31-24-40-34(41-30-11-7-4-8-12-30)33(39-22-25-9-5-3-6-10-25)32(31)38-23-27-15-19-29(36-2)20-16-27/h3-20,31-34H,21-24H2,1-2H3/t31-,32-,33+,34-/m0/s1. The van der Waals surface area contributed by atoms with Gasteiger partial charge in [-0.25, -0.2) is 0 Å². The fraction of sp³-hybridized carbons (Fsp3) is 0.294. The molecule has 4 aromatic carbocycles. The predicted octanol–water partition coefficient (Wildman–Crippen LogP) is 6.91. The van der Waals surface area contributed by atoms with Crippen LogP contribution in [0.25, 0.3) is 0 Å². The van der Waals surface area contributed by atoms with Gasteiger partial charge in [0, 0.05) is 4.90 Å². The zero-order valence-corrected chi connectivity index (χ0v) is 24.2. The number of benzene rings is 4. The summed E-state index contributed by atoms with van der Waals surface area (Å²) < 4.78 is 36.8. The van der Waals surface area contributed by atoms with E-state index in [1.54, 1.807) is 26.0 Å². The highest BCUT2D eigenvalue weighted by molar-refractivity contribution is 7.99. The van der Waals surface area contributed by atoms with Crippen molar-refractivity contribution >= 4 is 11.8 Å². The first kappa shape index (κ1) is 29.2. The molecule has 0 bridgehead atoms. The molecular weight excluding hydrogens is 536 g/mol. The van der Waals surface area contributed by atoms with Gasteiger partial charge < -0.3 is 28.4 Å². The molecule has 0 amide bonds. The lowest BCUT2D eigenvalue weighted by Gasteiger charge is -2.42. The van der Waals surface area contributed by atoms with Gasteiger partial charge in [0.15, 0.2) is 0 Å². The van der Waals surface area contributed by atoms with Crippen molar-refractivity contribution in [2.24, 2.45) is 0 Å². The molecule has 1 aliphatic rings. The van der Waals surface area contributed by atoms with Crippen molar-refractivity contribution in [1.29, 1.82) is 0 Å². The van der Waals surface area contributed by atoms with Crippen molar-refractivity contribution in [3.8, 4) is 11.5 Å². The van der Waals surface area contributed by atoms with Crippen molar-refractivity contribution in [3.63, 3.8) is 0 Å². The van der Waals surface area contributed by atoms with E-state index in [9.17, 15) is 0 Å². The predicted molar refractivity (Wildman–Crippen MR) is 160 cm³/mol. The Balaban J connectivity index is 1.37. The monoisotopic (exact) mass is 572 g/mol. The minimum atomic E-state index is -0.381. The fourth-order valence-electron chi connectivity index (χ4n) is 4.60. The highest BCUT2D eigenvalue weighted by atomic mass is 32.2. The zero-order chi connectivity index (χ0) is 28.3. The molecule has 0 spiro atoms. The quantitative estimate of drug-likeness (QED) is 0.173. The Bertz CT molecular complexity index is 1300. The smallest absolute Gasteiger partial charge is 0.136 e. The van der Waals surface area contributed by atoms with Crippen LogP contribution in [0.4, 0.5) is 0 Å². The molecule has 0 unspecified atom stereocenters. The molecule has 0 aliphatic carbocycles. The number of hydrogen-bond acceptors (Lipinski definition) is 7. The van der Waals surface area contributed by atoms with E-state index >= 15 is 0 Å². The molecule has 1 heterocycles. The van der Waals surface area contributed by atoms with E-state index in [2.05, 4.69) is 24.3 Å². The highest BCUT2D eigenvalue weighted by Gasteiger charge is 2.43. The molecule has 1 aliphatic heterocycles. The summed E-state index contributed by atoms with van der Waals surface area (Å²) in [4.78, 5) is 1.11. The molecule has 5 rings (SSSR count). The van der Waals surface area contributed by atoms with Gasteiger partial charge in [0.1, 0.15) is 35.2 Å². The van der Waals surface area contributed by atoms with Gasteiger partial charge in [-0.05, 0) is 53.1 Å². The Morgan fingerprint density at radius 3 is 1.63 bits per heavy atom. The Hall–Kier alpha value is -3.33. The van der Waals surface area contributed by atoms with Crippen molar-refractivity contribution in [1.82, 2.24) is 0 Å². The molecule has 0 N–H and O–H groups in total. The summed E-state index contributed by atoms with van der Waals surface area (Å²) in [6.07, 6.45) is -1.08. The Morgan fingerprint density at radius 2 is 1.07 bits per heavy atom. The minimum absolute atomic E-state index is 0.275. The molecule has 0 saturated carbocycles. The fourth-order valence-corrected chi connectivity index (χ4v) is 5.70. The molecule has 7 heteroatoms. The van der Waals surface area contributed by atoms with Crippen molar-refractivity contribution in [2.45, 2.75) is 48.5 Å². The minimum Gasteiger partial charge on any atom is -0.497 e. The largest absolute Gasteiger partial charge is 0.497 e. The van der Waals surface area contributed by atoms with E-state index in [1.807, 2.05) is 84.9 Å². The second-order valence-electron chi connectivity index (χ2n) is 9.72. The topological polar surface area (TPSA) is 55.4 Å². The summed E-state index contributed by atoms with van der Waals surface area (Å²) in [5, 5.41) is 0. The number of ether oxygens (including phenoxy) is 6. The summed E-state index contributed by atoms with van der Waals surface area (Å²) in [5.74, 6) is 1.62. The van der Waals surface area contributed by atoms with Crippen LogP contribution < -0.4 is 9.47 Å². The van der Waals surface area contributed by atoms with Crippen LogP contribution in [0.15, 0.2) is 114 Å². The van der Waals surface area contributed by atoms with Crippen LogP contribution in [0, 0.1) is 0 Å². The van der Waals surface area contributed by atoms with Gasteiger partial charge in [0.2, 0.25) is 0 Å². The third-order valence-corrected chi connectivity index (χ3v) is 8.07. The highest BCUT2D eigenvalue weighted by Crippen LogP contribution is 2.35. The molecule has 214 valence electrons. The molecule has 0 radical (unpaired) electrons. The van der Waals surface area contributed by atoms with Crippen molar-refractivity contribution in [3.05, 3.63) is 126 Å². The average molecular weight is 573 g/mol. The van der Waals surface area contributed by atoms with Gasteiger partial charge in [-0.3, -0.25) is 0 Å². The third-order valence-electron chi connectivity index (χ3n) is 6.89. The summed E-state index contributed by atoms with van der Waals surface area (Å²) in [6.45, 7) is 1.65. The molecular formula is C34H36O6S. The van der Waals surface area contributed by atoms with Gasteiger partial charge in [-0.1, -0.05) is 84.6 Å². The van der Waals surface area contributed by atoms with Crippen LogP contribution in [0.5, 0.6) is 11.5 Å². The van der Waals surface area contributed by atoms with E-state index < -0.39 is 0 Å². The number of thioether (sulfide) groups is 1. The van der Waals surface area contributed by atoms with Crippen LogP contribution in [0.3, 0.4) is 0 Å². The van der Waals surface area contributed by atoms with E-state index in [0.717, 1.165) is 33.1 Å². The molecule has 0 aromatic heterocycles. The SMILES string of the molecule is COc1ccc(CO[C@@H]2[C@@H](OCc3ccccc3)[C@H](Sc3ccccc3)OC[C@@H]2OCc2ccc(OC)cc2)cc1. The first-order chi connectivity index (χ1) is 20.2. The van der Waals surface area contributed by atoms with Gasteiger partial charge >= 0.3 is 0 Å². The lowest BCUT2D eigenvalue weighted by atomic mass is 10.0. The number of rotatable bonds is 13. The van der Waals surface area contributed by atoms with Crippen molar-refractivity contribution < 1.29 is 28.4 Å². The molecule has 4 aromatic rings. The number of methoxy groups -OCH3 is 2. The third kappa shape index (κ3) is 8.35. The summed E-state index contributed by atoms with van der Waals surface area (Å²) in [6, 6.07) is 36.2. The molecule has 1 fully saturated rings. The Morgan fingerprint density at radius 1 is 0.585 bits per heavy atom. The summed E-state index contributed by atoms with van der Waals surface area (Å²) in [7, 11) is 3.33. The van der Waals surface area contributed by atoms with Crippen LogP contribution in [0.1, 0.15) is 16.7 Å². The van der Waals surface area contributed by atoms with E-state index in [4.69, 9.17) is 28.4 Å². The maximum Gasteiger partial charge on any atom is 0.136 e. The van der Waals surface area contributed by atoms with Crippen LogP contribution in [-0.2, 0) is 38.8 Å². The van der Waals surface area contributed by atoms with Crippen molar-refractivity contribution in [2.75, 3.05) is 20.8 Å². The molecule has 41 heavy (non-hydrogen) atoms. The maximum atomic E-state index is 6.64. The van der Waals surface area contributed by atoms with E-state index in [0.29, 0.717) is 26.4 Å². The van der Waals surface area contributed by atoms with Crippen LogP contribution >= 0.6 is 11.8 Å². The van der Waals surface area contributed by atoms with Crippen LogP contribution in [-0.4, -0.2) is 44.6 Å². The lowest BCUT2D eigenvalue weighted by molar-refractivity contribution is -0.220. The van der Waals surface area contributed by atoms with E-state index in [1.165, 1.54) is 0 Å². The average Bonchev–Trinajstić information content (AvgIpc) is 3.04. The van der Waals surface area contributed by atoms with Gasteiger partial charge in [-0.15, -0.1) is 0 Å². The van der Waals surface area contributed by atoms with Crippen LogP contribution in [0.2, 0.25) is 0 Å². The van der Waals surface area contributed by atoms with Gasteiger partial charge in [0.05, 0.1) is 40.6 Å². The first-order valence-corrected chi connectivity index (χ1v) is 14.6. The van der Waals surface area contributed by atoms with E-state index in [-0.39, 0.29) is 23.7 Å². The first-order valence-electron chi connectivity index (χ1n) is 13.7. The Kier molecular flexibility index (Phi) is 10.7. The molecule has 4 atom stereocenters. The Labute approximate surface area is 246 Å². The maximum absolute atomic E-state index is 6.64. The normalized spacial score (nSPS) is 20.4. The summed E-state index contributed by atoms with van der Waals surface area (Å²) >= 11 is 1.65. The van der Waals surface area contributed by atoms with Gasteiger partial charge in [0.25, 0.3) is 0 Å². The second kappa shape index (κ2) is 15.1. The molecule has 6 nitrogen and oxygen atoms in total.